The Kier molecular flexibility index (Phi) is 6.56. The van der Waals surface area contributed by atoms with Crippen molar-refractivity contribution in [1.82, 2.24) is 4.90 Å². The molecule has 1 aliphatic rings. The number of rotatable bonds is 5. The lowest BCUT2D eigenvalue weighted by atomic mass is 10.1. The molecule has 1 amide bonds. The number of hydrogen-bond donors (Lipinski definition) is 1. The Balaban J connectivity index is 1.90. The number of ether oxygens (including phenoxy) is 1. The van der Waals surface area contributed by atoms with E-state index < -0.39 is 0 Å². The minimum absolute atomic E-state index is 0.119. The van der Waals surface area contributed by atoms with Crippen LogP contribution in [-0.4, -0.2) is 36.5 Å². The van der Waals surface area contributed by atoms with Crippen LogP contribution < -0.4 is 10.1 Å². The lowest BCUT2D eigenvalue weighted by molar-refractivity contribution is -0.129. The zero-order valence-corrected chi connectivity index (χ0v) is 13.8. The molecule has 1 heterocycles. The number of para-hydroxylation sites is 2. The first-order valence-electron chi connectivity index (χ1n) is 8.44. The largest absolute Gasteiger partial charge is 0.489 e. The fraction of sp³-hybridized carbons (Fsp3) is 0.611. The average molecular weight is 304 g/mol. The van der Waals surface area contributed by atoms with Gasteiger partial charge in [0, 0.05) is 13.1 Å². The van der Waals surface area contributed by atoms with E-state index in [9.17, 15) is 4.79 Å². The molecule has 0 bridgehead atoms. The smallest absolute Gasteiger partial charge is 0.241 e. The third-order valence-electron chi connectivity index (χ3n) is 3.89. The van der Waals surface area contributed by atoms with Gasteiger partial charge in [-0.05, 0) is 38.8 Å². The van der Waals surface area contributed by atoms with E-state index in [1.807, 2.05) is 43.0 Å². The number of carbonyl (C=O) groups is 1. The summed E-state index contributed by atoms with van der Waals surface area (Å²) < 4.78 is 5.77. The number of carbonyl (C=O) groups excluding carboxylic acids is 1. The molecule has 0 aromatic heterocycles. The second-order valence-corrected chi connectivity index (χ2v) is 6.16. The van der Waals surface area contributed by atoms with E-state index in [0.29, 0.717) is 6.54 Å². The van der Waals surface area contributed by atoms with Gasteiger partial charge in [-0.2, -0.15) is 0 Å². The summed E-state index contributed by atoms with van der Waals surface area (Å²) >= 11 is 0. The molecular weight excluding hydrogens is 276 g/mol. The van der Waals surface area contributed by atoms with Crippen LogP contribution in [0.25, 0.3) is 0 Å². The van der Waals surface area contributed by atoms with Crippen LogP contribution in [0.15, 0.2) is 24.3 Å². The first kappa shape index (κ1) is 16.7. The molecule has 0 unspecified atom stereocenters. The quantitative estimate of drug-likeness (QED) is 0.902. The number of likely N-dealkylation sites (tertiary alicyclic amines) is 1. The zero-order chi connectivity index (χ0) is 15.8. The summed E-state index contributed by atoms with van der Waals surface area (Å²) in [5.74, 6) is 0.985. The number of benzene rings is 1. The molecule has 22 heavy (non-hydrogen) atoms. The van der Waals surface area contributed by atoms with Crippen molar-refractivity contribution in [3.63, 3.8) is 0 Å². The highest BCUT2D eigenvalue weighted by atomic mass is 16.5. The van der Waals surface area contributed by atoms with Crippen LogP contribution in [0.3, 0.4) is 0 Å². The van der Waals surface area contributed by atoms with E-state index >= 15 is 0 Å². The molecule has 1 aromatic carbocycles. The molecule has 2 rings (SSSR count). The fourth-order valence-electron chi connectivity index (χ4n) is 2.75. The lowest BCUT2D eigenvalue weighted by Gasteiger charge is -2.25. The van der Waals surface area contributed by atoms with Gasteiger partial charge < -0.3 is 15.0 Å². The normalized spacial score (nSPS) is 16.0. The minimum atomic E-state index is 0.119. The van der Waals surface area contributed by atoms with Gasteiger partial charge in [-0.1, -0.05) is 31.4 Å². The van der Waals surface area contributed by atoms with Crippen LogP contribution >= 0.6 is 0 Å². The van der Waals surface area contributed by atoms with E-state index in [1.54, 1.807) is 0 Å². The third-order valence-corrected chi connectivity index (χ3v) is 3.89. The number of nitrogens with one attached hydrogen (secondary N) is 1. The van der Waals surface area contributed by atoms with Crippen LogP contribution in [-0.2, 0) is 4.79 Å². The Morgan fingerprint density at radius 1 is 1.14 bits per heavy atom. The molecule has 0 radical (unpaired) electrons. The molecule has 1 N–H and O–H groups in total. The van der Waals surface area contributed by atoms with Crippen molar-refractivity contribution < 1.29 is 9.53 Å². The second kappa shape index (κ2) is 8.66. The predicted molar refractivity (Wildman–Crippen MR) is 90.4 cm³/mol. The van der Waals surface area contributed by atoms with Crippen molar-refractivity contribution in [1.29, 1.82) is 0 Å². The van der Waals surface area contributed by atoms with Gasteiger partial charge in [0.15, 0.2) is 0 Å². The van der Waals surface area contributed by atoms with Gasteiger partial charge in [-0.3, -0.25) is 4.79 Å². The first-order chi connectivity index (χ1) is 10.7. The van der Waals surface area contributed by atoms with E-state index in [0.717, 1.165) is 37.4 Å². The second-order valence-electron chi connectivity index (χ2n) is 6.16. The predicted octanol–water partition coefficient (Wildman–Crippen LogP) is 3.68. The zero-order valence-electron chi connectivity index (χ0n) is 13.8. The third kappa shape index (κ3) is 5.24. The van der Waals surface area contributed by atoms with Gasteiger partial charge in [-0.25, -0.2) is 0 Å². The Labute approximate surface area is 133 Å². The number of anilines is 1. The van der Waals surface area contributed by atoms with Crippen LogP contribution in [0, 0.1) is 0 Å². The Morgan fingerprint density at radius 2 is 1.77 bits per heavy atom. The van der Waals surface area contributed by atoms with Crippen LogP contribution in [0.1, 0.15) is 46.0 Å². The summed E-state index contributed by atoms with van der Waals surface area (Å²) in [7, 11) is 0. The van der Waals surface area contributed by atoms with Gasteiger partial charge in [0.25, 0.3) is 0 Å². The number of nitrogens with zero attached hydrogens (tertiary/aromatic N) is 1. The highest BCUT2D eigenvalue weighted by Gasteiger charge is 2.15. The van der Waals surface area contributed by atoms with E-state index in [1.165, 1.54) is 19.3 Å². The molecule has 1 aromatic rings. The summed E-state index contributed by atoms with van der Waals surface area (Å²) in [5, 5.41) is 3.24. The standard InChI is InChI=1S/C18H28N2O2/c1-15(2)22-17-11-7-6-10-16(17)19-14-18(21)20-12-8-4-3-5-9-13-20/h6-7,10-11,15,19H,3-5,8-9,12-14H2,1-2H3. The van der Waals surface area contributed by atoms with Crippen LogP contribution in [0.2, 0.25) is 0 Å². The van der Waals surface area contributed by atoms with Gasteiger partial charge >= 0.3 is 0 Å². The van der Waals surface area contributed by atoms with Gasteiger partial charge in [-0.15, -0.1) is 0 Å². The fourth-order valence-corrected chi connectivity index (χ4v) is 2.75. The average Bonchev–Trinajstić information content (AvgIpc) is 2.45. The molecule has 0 atom stereocenters. The Morgan fingerprint density at radius 3 is 2.45 bits per heavy atom. The molecule has 1 fully saturated rings. The maximum atomic E-state index is 12.4. The lowest BCUT2D eigenvalue weighted by Crippen LogP contribution is -2.37. The van der Waals surface area contributed by atoms with Crippen molar-refractivity contribution in [2.24, 2.45) is 0 Å². The maximum Gasteiger partial charge on any atom is 0.241 e. The molecule has 1 aliphatic heterocycles. The van der Waals surface area contributed by atoms with Crippen molar-refractivity contribution in [3.05, 3.63) is 24.3 Å². The van der Waals surface area contributed by atoms with E-state index in [2.05, 4.69) is 5.32 Å². The molecule has 0 spiro atoms. The summed E-state index contributed by atoms with van der Waals surface area (Å²) in [6, 6.07) is 7.79. The molecule has 0 saturated carbocycles. The molecule has 4 heteroatoms. The monoisotopic (exact) mass is 304 g/mol. The van der Waals surface area contributed by atoms with Crippen molar-refractivity contribution in [2.45, 2.75) is 52.1 Å². The maximum absolute atomic E-state index is 12.4. The van der Waals surface area contributed by atoms with Crippen molar-refractivity contribution in [2.75, 3.05) is 25.0 Å². The highest BCUT2D eigenvalue weighted by molar-refractivity contribution is 5.81. The van der Waals surface area contributed by atoms with Crippen LogP contribution in [0.4, 0.5) is 5.69 Å². The van der Waals surface area contributed by atoms with Gasteiger partial charge in [0.1, 0.15) is 5.75 Å². The summed E-state index contributed by atoms with van der Waals surface area (Å²) in [6.45, 7) is 6.12. The molecule has 0 aliphatic carbocycles. The van der Waals surface area contributed by atoms with E-state index in [4.69, 9.17) is 4.74 Å². The summed E-state index contributed by atoms with van der Waals surface area (Å²) in [4.78, 5) is 14.4. The minimum Gasteiger partial charge on any atom is -0.489 e. The van der Waals surface area contributed by atoms with E-state index in [-0.39, 0.29) is 12.0 Å². The number of amides is 1. The topological polar surface area (TPSA) is 41.6 Å². The van der Waals surface area contributed by atoms with Crippen molar-refractivity contribution >= 4 is 11.6 Å². The highest BCUT2D eigenvalue weighted by Crippen LogP contribution is 2.24. The number of hydrogen-bond acceptors (Lipinski definition) is 3. The van der Waals surface area contributed by atoms with Crippen molar-refractivity contribution in [3.8, 4) is 5.75 Å². The summed E-state index contributed by atoms with van der Waals surface area (Å²) in [5.41, 5.74) is 0.886. The van der Waals surface area contributed by atoms with Crippen LogP contribution in [0.5, 0.6) is 5.75 Å². The Hall–Kier alpha value is -1.71. The van der Waals surface area contributed by atoms with Gasteiger partial charge in [0.2, 0.25) is 5.91 Å². The molecule has 122 valence electrons. The SMILES string of the molecule is CC(C)Oc1ccccc1NCC(=O)N1CCCCCCC1. The first-order valence-corrected chi connectivity index (χ1v) is 8.44. The van der Waals surface area contributed by atoms with Gasteiger partial charge in [0.05, 0.1) is 18.3 Å². The molecular formula is C18H28N2O2. The Bertz CT molecular complexity index is 466. The summed E-state index contributed by atoms with van der Waals surface area (Å²) in [6.07, 6.45) is 6.15. The molecule has 4 nitrogen and oxygen atoms in total. The molecule has 1 saturated heterocycles.